The maximum absolute atomic E-state index is 11.7. The zero-order valence-electron chi connectivity index (χ0n) is 13.7. The molecule has 0 spiro atoms. The van der Waals surface area contributed by atoms with Gasteiger partial charge in [-0.05, 0) is 18.1 Å². The van der Waals surface area contributed by atoms with Gasteiger partial charge in [-0.2, -0.15) is 0 Å². The minimum Gasteiger partial charge on any atom is -0.396 e. The first-order valence-corrected chi connectivity index (χ1v) is 7.67. The van der Waals surface area contributed by atoms with Crippen LogP contribution < -0.4 is 5.32 Å². The molecule has 1 rings (SSSR count). The lowest BCUT2D eigenvalue weighted by atomic mass is 9.87. The smallest absolute Gasteiger partial charge is 0.249 e. The molecule has 0 aliphatic carbocycles. The number of allylic oxidation sites excluding steroid dienone is 2. The highest BCUT2D eigenvalue weighted by Gasteiger charge is 2.32. The third kappa shape index (κ3) is 6.76. The van der Waals surface area contributed by atoms with Gasteiger partial charge in [0.2, 0.25) is 5.91 Å². The van der Waals surface area contributed by atoms with E-state index in [0.29, 0.717) is 6.42 Å². The van der Waals surface area contributed by atoms with Crippen LogP contribution in [0, 0.1) is 5.41 Å². The number of hydrogen-bond donors (Lipinski definition) is 3. The highest BCUT2D eigenvalue weighted by molar-refractivity contribution is 5.90. The van der Waals surface area contributed by atoms with E-state index in [2.05, 4.69) is 5.32 Å². The molecule has 126 valence electrons. The van der Waals surface area contributed by atoms with E-state index in [4.69, 9.17) is 5.11 Å². The van der Waals surface area contributed by atoms with Crippen molar-refractivity contribution in [3.8, 4) is 0 Å². The van der Waals surface area contributed by atoms with Gasteiger partial charge in [-0.15, -0.1) is 0 Å². The normalized spacial score (nSPS) is 13.0. The Hall–Kier alpha value is -1.98. The van der Waals surface area contributed by atoms with Crippen molar-refractivity contribution in [1.82, 2.24) is 5.32 Å². The summed E-state index contributed by atoms with van der Waals surface area (Å²) in [5.41, 5.74) is 0.211. The van der Waals surface area contributed by atoms with Crippen LogP contribution in [-0.2, 0) is 16.0 Å². The molecule has 1 aromatic rings. The molecule has 5 heteroatoms. The molecule has 1 aromatic carbocycles. The van der Waals surface area contributed by atoms with Gasteiger partial charge in [0.25, 0.3) is 0 Å². The van der Waals surface area contributed by atoms with Crippen LogP contribution in [-0.4, -0.2) is 41.2 Å². The lowest BCUT2D eigenvalue weighted by Crippen LogP contribution is -2.45. The molecule has 3 N–H and O–H groups in total. The maximum atomic E-state index is 11.7. The van der Waals surface area contributed by atoms with E-state index in [0.717, 1.165) is 5.56 Å². The standard InChI is InChI=1S/C18H25NO4/c1-18(2,13-20)16(22)17(23)19-12-11-15(21)10-6-9-14-7-4-3-5-8-14/h3-8,10,16,20,22H,9,11-13H2,1-2H3,(H,19,23)/b10-6-/t16-/m0/s1. The molecule has 5 nitrogen and oxygen atoms in total. The SMILES string of the molecule is CC(C)(CO)[C@@H](O)C(=O)NCCC(=O)/C=C\Cc1ccccc1. The van der Waals surface area contributed by atoms with Gasteiger partial charge in [-0.1, -0.05) is 50.3 Å². The second kappa shape index (κ2) is 9.22. The fraction of sp³-hybridized carbons (Fsp3) is 0.444. The summed E-state index contributed by atoms with van der Waals surface area (Å²) >= 11 is 0. The number of carbonyl (C=O) groups is 2. The summed E-state index contributed by atoms with van der Waals surface area (Å²) in [6.45, 7) is 3.04. The lowest BCUT2D eigenvalue weighted by molar-refractivity contribution is -0.137. The van der Waals surface area contributed by atoms with Crippen LogP contribution in [0.1, 0.15) is 25.8 Å². The predicted octanol–water partition coefficient (Wildman–Crippen LogP) is 1.24. The third-order valence-corrected chi connectivity index (χ3v) is 3.57. The molecule has 23 heavy (non-hydrogen) atoms. The second-order valence-electron chi connectivity index (χ2n) is 6.15. The van der Waals surface area contributed by atoms with E-state index in [1.54, 1.807) is 19.9 Å². The van der Waals surface area contributed by atoms with E-state index in [-0.39, 0.29) is 25.4 Å². The highest BCUT2D eigenvalue weighted by Crippen LogP contribution is 2.19. The van der Waals surface area contributed by atoms with Gasteiger partial charge in [-0.3, -0.25) is 9.59 Å². The molecule has 0 aliphatic heterocycles. The van der Waals surface area contributed by atoms with E-state index < -0.39 is 17.4 Å². The van der Waals surface area contributed by atoms with Gasteiger partial charge < -0.3 is 15.5 Å². The van der Waals surface area contributed by atoms with Gasteiger partial charge in [0.15, 0.2) is 5.78 Å². The molecule has 1 atom stereocenters. The first-order valence-electron chi connectivity index (χ1n) is 7.67. The number of benzene rings is 1. The maximum Gasteiger partial charge on any atom is 0.249 e. The molecular weight excluding hydrogens is 294 g/mol. The number of ketones is 1. The summed E-state index contributed by atoms with van der Waals surface area (Å²) in [5.74, 6) is -0.665. The average Bonchev–Trinajstić information content (AvgIpc) is 2.55. The number of aliphatic hydroxyl groups excluding tert-OH is 2. The zero-order chi connectivity index (χ0) is 17.3. The van der Waals surface area contributed by atoms with Crippen LogP contribution in [0.4, 0.5) is 0 Å². The van der Waals surface area contributed by atoms with Crippen molar-refractivity contribution in [3.63, 3.8) is 0 Å². The molecule has 0 aliphatic rings. The molecule has 0 saturated carbocycles. The van der Waals surface area contributed by atoms with Crippen molar-refractivity contribution in [1.29, 1.82) is 0 Å². The molecule has 0 saturated heterocycles. The Morgan fingerprint density at radius 3 is 2.52 bits per heavy atom. The number of amides is 1. The van der Waals surface area contributed by atoms with Crippen LogP contribution in [0.25, 0.3) is 0 Å². The summed E-state index contributed by atoms with van der Waals surface area (Å²) in [6.07, 6.45) is 2.85. The Morgan fingerprint density at radius 1 is 1.26 bits per heavy atom. The Bertz CT molecular complexity index is 537. The predicted molar refractivity (Wildman–Crippen MR) is 88.8 cm³/mol. The van der Waals surface area contributed by atoms with E-state index in [1.807, 2.05) is 30.3 Å². The molecule has 1 amide bonds. The number of carbonyl (C=O) groups excluding carboxylic acids is 2. The van der Waals surface area contributed by atoms with Crippen molar-refractivity contribution >= 4 is 11.7 Å². The number of hydrogen-bond acceptors (Lipinski definition) is 4. The lowest BCUT2D eigenvalue weighted by Gasteiger charge is -2.27. The Morgan fingerprint density at radius 2 is 1.91 bits per heavy atom. The minimum atomic E-state index is -1.31. The topological polar surface area (TPSA) is 86.6 Å². The van der Waals surface area contributed by atoms with Crippen LogP contribution in [0.5, 0.6) is 0 Å². The Labute approximate surface area is 137 Å². The van der Waals surface area contributed by atoms with Crippen LogP contribution in [0.2, 0.25) is 0 Å². The van der Waals surface area contributed by atoms with Crippen molar-refractivity contribution in [2.24, 2.45) is 5.41 Å². The van der Waals surface area contributed by atoms with Crippen molar-refractivity contribution in [3.05, 3.63) is 48.0 Å². The number of rotatable bonds is 9. The first kappa shape index (κ1) is 19.1. The quantitative estimate of drug-likeness (QED) is 0.598. The fourth-order valence-corrected chi connectivity index (χ4v) is 1.87. The average molecular weight is 319 g/mol. The molecule has 0 heterocycles. The van der Waals surface area contributed by atoms with E-state index in [1.165, 1.54) is 6.08 Å². The van der Waals surface area contributed by atoms with Crippen molar-refractivity contribution in [2.45, 2.75) is 32.8 Å². The van der Waals surface area contributed by atoms with E-state index in [9.17, 15) is 14.7 Å². The summed E-state index contributed by atoms with van der Waals surface area (Å²) in [5, 5.41) is 21.4. The number of aliphatic hydroxyl groups is 2. The molecule has 0 bridgehead atoms. The Balaban J connectivity index is 2.30. The zero-order valence-corrected chi connectivity index (χ0v) is 13.7. The van der Waals surface area contributed by atoms with Gasteiger partial charge in [0.1, 0.15) is 6.10 Å². The summed E-state index contributed by atoms with van der Waals surface area (Å²) in [4.78, 5) is 23.4. The van der Waals surface area contributed by atoms with Gasteiger partial charge in [0.05, 0.1) is 6.61 Å². The van der Waals surface area contributed by atoms with Gasteiger partial charge >= 0.3 is 0 Å². The van der Waals surface area contributed by atoms with Crippen LogP contribution in [0.15, 0.2) is 42.5 Å². The van der Waals surface area contributed by atoms with Gasteiger partial charge in [-0.25, -0.2) is 0 Å². The summed E-state index contributed by atoms with van der Waals surface area (Å²) in [6, 6.07) is 9.80. The monoisotopic (exact) mass is 319 g/mol. The van der Waals surface area contributed by atoms with Crippen molar-refractivity contribution < 1.29 is 19.8 Å². The van der Waals surface area contributed by atoms with Crippen molar-refractivity contribution in [2.75, 3.05) is 13.2 Å². The molecule has 0 aromatic heterocycles. The largest absolute Gasteiger partial charge is 0.396 e. The first-order chi connectivity index (χ1) is 10.9. The summed E-state index contributed by atoms with van der Waals surface area (Å²) < 4.78 is 0. The van der Waals surface area contributed by atoms with Crippen LogP contribution >= 0.6 is 0 Å². The fourth-order valence-electron chi connectivity index (χ4n) is 1.87. The third-order valence-electron chi connectivity index (χ3n) is 3.57. The summed E-state index contributed by atoms with van der Waals surface area (Å²) in [7, 11) is 0. The molecule has 0 radical (unpaired) electrons. The molecular formula is C18H25NO4. The Kier molecular flexibility index (Phi) is 7.65. The second-order valence-corrected chi connectivity index (χ2v) is 6.15. The molecule has 0 unspecified atom stereocenters. The van der Waals surface area contributed by atoms with E-state index >= 15 is 0 Å². The minimum absolute atomic E-state index is 0.0860. The molecule has 0 fully saturated rings. The number of nitrogens with one attached hydrogen (secondary N) is 1. The van der Waals surface area contributed by atoms with Crippen LogP contribution in [0.3, 0.4) is 0 Å². The van der Waals surface area contributed by atoms with Gasteiger partial charge in [0, 0.05) is 18.4 Å². The highest BCUT2D eigenvalue weighted by atomic mass is 16.3.